The molecule has 0 aromatic heterocycles. The second kappa shape index (κ2) is 11.4. The van der Waals surface area contributed by atoms with Crippen LogP contribution in [0.2, 0.25) is 0 Å². The molecule has 1 atom stereocenters. The van der Waals surface area contributed by atoms with Crippen molar-refractivity contribution in [3.63, 3.8) is 0 Å². The van der Waals surface area contributed by atoms with Crippen LogP contribution in [0.1, 0.15) is 37.1 Å². The molecule has 1 unspecified atom stereocenters. The maximum Gasteiger partial charge on any atom is 0.255 e. The molecule has 0 aliphatic heterocycles. The highest BCUT2D eigenvalue weighted by atomic mass is 32.2. The number of nitrogens with two attached hydrogens (primary N) is 1. The number of carbonyl (C=O) groups excluding carboxylic acids is 3. The smallest absolute Gasteiger partial charge is 0.255 e. The lowest BCUT2D eigenvalue weighted by molar-refractivity contribution is -0.115. The first-order valence-electron chi connectivity index (χ1n) is 11.3. The average Bonchev–Trinajstić information content (AvgIpc) is 2.89. The van der Waals surface area contributed by atoms with Gasteiger partial charge in [-0.1, -0.05) is 48.0 Å². The number of rotatable bonds is 8. The van der Waals surface area contributed by atoms with Gasteiger partial charge in [0.25, 0.3) is 5.91 Å². The molecule has 4 N–H and O–H groups in total. The van der Waals surface area contributed by atoms with Gasteiger partial charge in [-0.15, -0.1) is 11.8 Å². The largest absolute Gasteiger partial charge is 0.366 e. The number of nitrogens with one attached hydrogen (secondary N) is 2. The number of hydrogen-bond acceptors (Lipinski definition) is 4. The van der Waals surface area contributed by atoms with Crippen molar-refractivity contribution in [1.29, 1.82) is 0 Å². The van der Waals surface area contributed by atoms with Crippen LogP contribution in [0, 0.1) is 6.92 Å². The minimum absolute atomic E-state index is 0.178. The first kappa shape index (κ1) is 24.8. The number of anilines is 2. The van der Waals surface area contributed by atoms with Gasteiger partial charge in [0.05, 0.1) is 0 Å². The molecular formula is C29H25N3O3S. The zero-order valence-electron chi connectivity index (χ0n) is 19.6. The van der Waals surface area contributed by atoms with Gasteiger partial charge >= 0.3 is 0 Å². The number of hydrogen-bond donors (Lipinski definition) is 3. The molecule has 0 aliphatic rings. The molecule has 0 saturated carbocycles. The lowest BCUT2D eigenvalue weighted by Gasteiger charge is -2.17. The number of benzene rings is 4. The summed E-state index contributed by atoms with van der Waals surface area (Å²) < 4.78 is 0. The molecule has 4 rings (SSSR count). The van der Waals surface area contributed by atoms with Crippen LogP contribution in [-0.4, -0.2) is 17.7 Å². The number of aryl methyl sites for hydroxylation is 1. The van der Waals surface area contributed by atoms with Crippen LogP contribution >= 0.6 is 11.8 Å². The number of amides is 3. The Morgan fingerprint density at radius 1 is 0.722 bits per heavy atom. The van der Waals surface area contributed by atoms with E-state index in [0.717, 1.165) is 16.0 Å². The Hall–Kier alpha value is -4.36. The van der Waals surface area contributed by atoms with Gasteiger partial charge in [0.2, 0.25) is 11.8 Å². The van der Waals surface area contributed by atoms with E-state index < -0.39 is 11.2 Å². The van der Waals surface area contributed by atoms with Crippen LogP contribution in [0.15, 0.2) is 108 Å². The van der Waals surface area contributed by atoms with E-state index in [1.807, 2.05) is 79.7 Å². The van der Waals surface area contributed by atoms with Crippen molar-refractivity contribution >= 4 is 40.9 Å². The fraction of sp³-hybridized carbons (Fsp3) is 0.0690. The van der Waals surface area contributed by atoms with E-state index >= 15 is 0 Å². The van der Waals surface area contributed by atoms with Gasteiger partial charge in [0.15, 0.2) is 0 Å². The Bertz CT molecular complexity index is 1370. The van der Waals surface area contributed by atoms with Crippen LogP contribution < -0.4 is 16.4 Å². The fourth-order valence-corrected chi connectivity index (χ4v) is 4.59. The lowest BCUT2D eigenvalue weighted by Crippen LogP contribution is -2.19. The van der Waals surface area contributed by atoms with E-state index in [0.29, 0.717) is 22.5 Å². The molecule has 7 heteroatoms. The van der Waals surface area contributed by atoms with E-state index in [-0.39, 0.29) is 11.8 Å². The second-order valence-corrected chi connectivity index (χ2v) is 9.37. The molecule has 0 aliphatic carbocycles. The average molecular weight is 496 g/mol. The van der Waals surface area contributed by atoms with Crippen molar-refractivity contribution in [2.24, 2.45) is 5.73 Å². The van der Waals surface area contributed by atoms with Crippen LogP contribution in [-0.2, 0) is 4.79 Å². The lowest BCUT2D eigenvalue weighted by atomic mass is 10.1. The van der Waals surface area contributed by atoms with Crippen molar-refractivity contribution in [1.82, 2.24) is 0 Å². The highest BCUT2D eigenvalue weighted by Gasteiger charge is 2.22. The van der Waals surface area contributed by atoms with Gasteiger partial charge in [0.1, 0.15) is 5.25 Å². The van der Waals surface area contributed by atoms with E-state index in [9.17, 15) is 14.4 Å². The Morgan fingerprint density at radius 2 is 1.36 bits per heavy atom. The van der Waals surface area contributed by atoms with E-state index in [1.54, 1.807) is 30.3 Å². The first-order chi connectivity index (χ1) is 17.4. The predicted molar refractivity (Wildman–Crippen MR) is 144 cm³/mol. The number of thioether (sulfide) groups is 1. The normalized spacial score (nSPS) is 11.4. The van der Waals surface area contributed by atoms with Crippen LogP contribution in [0.3, 0.4) is 0 Å². The van der Waals surface area contributed by atoms with E-state index in [4.69, 9.17) is 5.73 Å². The zero-order valence-corrected chi connectivity index (χ0v) is 20.4. The molecule has 4 aromatic rings. The summed E-state index contributed by atoms with van der Waals surface area (Å²) in [7, 11) is 0. The van der Waals surface area contributed by atoms with Gasteiger partial charge in [-0.2, -0.15) is 0 Å². The number of carbonyl (C=O) groups is 3. The molecule has 180 valence electrons. The molecule has 36 heavy (non-hydrogen) atoms. The van der Waals surface area contributed by atoms with Crippen molar-refractivity contribution in [2.45, 2.75) is 17.1 Å². The van der Waals surface area contributed by atoms with Gasteiger partial charge in [-0.3, -0.25) is 14.4 Å². The highest BCUT2D eigenvalue weighted by Crippen LogP contribution is 2.36. The second-order valence-electron chi connectivity index (χ2n) is 8.19. The summed E-state index contributed by atoms with van der Waals surface area (Å²) in [6.07, 6.45) is 0. The Balaban J connectivity index is 1.48. The van der Waals surface area contributed by atoms with Crippen molar-refractivity contribution in [3.05, 3.63) is 125 Å². The van der Waals surface area contributed by atoms with Gasteiger partial charge in [-0.25, -0.2) is 0 Å². The molecule has 0 spiro atoms. The third-order valence-electron chi connectivity index (χ3n) is 5.42. The molecular weight excluding hydrogens is 470 g/mol. The quantitative estimate of drug-likeness (QED) is 0.268. The van der Waals surface area contributed by atoms with Crippen molar-refractivity contribution in [2.75, 3.05) is 10.6 Å². The zero-order chi connectivity index (χ0) is 25.5. The summed E-state index contributed by atoms with van der Waals surface area (Å²) in [5, 5.41) is 5.30. The SMILES string of the molecule is Cc1cccc(C(=O)Nc2ccc(SC(C(=O)Nc3ccc(C(N)=O)cc3)c3ccccc3)cc2)c1. The summed E-state index contributed by atoms with van der Waals surface area (Å²) in [5.41, 5.74) is 9.37. The fourth-order valence-electron chi connectivity index (χ4n) is 3.57. The first-order valence-corrected chi connectivity index (χ1v) is 12.2. The van der Waals surface area contributed by atoms with Crippen LogP contribution in [0.4, 0.5) is 11.4 Å². The molecule has 0 fully saturated rings. The standard InChI is InChI=1S/C29H25N3O3S/c1-19-6-5-9-22(18-19)28(34)31-24-14-16-25(17-15-24)36-26(20-7-3-2-4-8-20)29(35)32-23-12-10-21(11-13-23)27(30)33/h2-18,26H,1H3,(H2,30,33)(H,31,34)(H,32,35). The third-order valence-corrected chi connectivity index (χ3v) is 6.69. The van der Waals surface area contributed by atoms with Crippen molar-refractivity contribution < 1.29 is 14.4 Å². The summed E-state index contributed by atoms with van der Waals surface area (Å²) in [6.45, 7) is 1.94. The third kappa shape index (κ3) is 6.40. The maximum atomic E-state index is 13.3. The van der Waals surface area contributed by atoms with Gasteiger partial charge in [0, 0.05) is 27.4 Å². The predicted octanol–water partition coefficient (Wildman–Crippen LogP) is 5.82. The minimum atomic E-state index is -0.524. The van der Waals surface area contributed by atoms with E-state index in [1.165, 1.54) is 11.8 Å². The Labute approximate surface area is 213 Å². The molecule has 4 aromatic carbocycles. The van der Waals surface area contributed by atoms with Crippen LogP contribution in [0.25, 0.3) is 0 Å². The maximum absolute atomic E-state index is 13.3. The minimum Gasteiger partial charge on any atom is -0.366 e. The highest BCUT2D eigenvalue weighted by molar-refractivity contribution is 8.00. The van der Waals surface area contributed by atoms with E-state index in [2.05, 4.69) is 10.6 Å². The number of primary amides is 1. The Kier molecular flexibility index (Phi) is 7.82. The molecule has 0 radical (unpaired) electrons. The molecule has 3 amide bonds. The summed E-state index contributed by atoms with van der Waals surface area (Å²) in [6, 6.07) is 30.7. The summed E-state index contributed by atoms with van der Waals surface area (Å²) in [4.78, 5) is 38.0. The van der Waals surface area contributed by atoms with Crippen LogP contribution in [0.5, 0.6) is 0 Å². The Morgan fingerprint density at radius 3 is 2.00 bits per heavy atom. The molecule has 0 saturated heterocycles. The monoisotopic (exact) mass is 495 g/mol. The summed E-state index contributed by atoms with van der Waals surface area (Å²) >= 11 is 1.40. The summed E-state index contributed by atoms with van der Waals surface area (Å²) in [5.74, 6) is -0.901. The van der Waals surface area contributed by atoms with Crippen molar-refractivity contribution in [3.8, 4) is 0 Å². The topological polar surface area (TPSA) is 101 Å². The molecule has 0 bridgehead atoms. The van der Waals surface area contributed by atoms with Gasteiger partial charge in [-0.05, 0) is 73.2 Å². The molecule has 0 heterocycles. The van der Waals surface area contributed by atoms with Gasteiger partial charge < -0.3 is 16.4 Å². The molecule has 6 nitrogen and oxygen atoms in total.